The van der Waals surface area contributed by atoms with Crippen LogP contribution in [0.1, 0.15) is 10.4 Å². The van der Waals surface area contributed by atoms with Crippen molar-refractivity contribution in [2.45, 2.75) is 0 Å². The van der Waals surface area contributed by atoms with Crippen LogP contribution in [-0.4, -0.2) is 45.4 Å². The molecule has 1 aliphatic carbocycles. The minimum absolute atomic E-state index is 0.122. The third-order valence-electron chi connectivity index (χ3n) is 5.51. The molecule has 0 radical (unpaired) electrons. The number of carbonyl (C=O) groups is 1. The molecule has 1 aliphatic heterocycles. The number of carbonyl (C=O) groups excluding carboxylic acids is 1. The standard InChI is InChI=1S/C20H19N5OS/c26-19(13-4-7-21-8-5-13)25-10-15-14(16(15)11-25)9-23-20-24-18(12-27-20)17-3-1-2-6-22-17/h1-8,12,14-16H,9-11H2,(H,23,24)/t14?,15-,16+. The summed E-state index contributed by atoms with van der Waals surface area (Å²) < 4.78 is 0. The summed E-state index contributed by atoms with van der Waals surface area (Å²) in [7, 11) is 0. The molecule has 0 aromatic carbocycles. The van der Waals surface area contributed by atoms with E-state index in [0.29, 0.717) is 17.8 Å². The first-order valence-electron chi connectivity index (χ1n) is 9.10. The molecule has 1 saturated carbocycles. The Hall–Kier alpha value is -2.80. The lowest BCUT2D eigenvalue weighted by Gasteiger charge is -2.20. The lowest BCUT2D eigenvalue weighted by Crippen LogP contribution is -2.32. The topological polar surface area (TPSA) is 71.0 Å². The monoisotopic (exact) mass is 377 g/mol. The second-order valence-electron chi connectivity index (χ2n) is 7.07. The van der Waals surface area contributed by atoms with Crippen LogP contribution in [0.4, 0.5) is 5.13 Å². The maximum Gasteiger partial charge on any atom is 0.253 e. The second-order valence-corrected chi connectivity index (χ2v) is 7.93. The number of amides is 1. The first kappa shape index (κ1) is 16.4. The zero-order chi connectivity index (χ0) is 18.2. The SMILES string of the molecule is O=C(c1ccncc1)N1C[C@@H]2C(CNc3nc(-c4ccccn4)cs3)[C@@H]2C1. The molecule has 5 rings (SSSR count). The summed E-state index contributed by atoms with van der Waals surface area (Å²) in [6.45, 7) is 2.63. The minimum Gasteiger partial charge on any atom is -0.361 e. The fourth-order valence-electron chi connectivity index (χ4n) is 3.99. The molecule has 2 fully saturated rings. The van der Waals surface area contributed by atoms with Crippen LogP contribution in [0.25, 0.3) is 11.4 Å². The number of thiazole rings is 1. The number of piperidine rings is 1. The number of nitrogens with one attached hydrogen (secondary N) is 1. The van der Waals surface area contributed by atoms with E-state index in [1.165, 1.54) is 0 Å². The van der Waals surface area contributed by atoms with Crippen LogP contribution in [0.3, 0.4) is 0 Å². The van der Waals surface area contributed by atoms with E-state index in [1.807, 2.05) is 28.5 Å². The summed E-state index contributed by atoms with van der Waals surface area (Å²) in [6.07, 6.45) is 5.13. The molecule has 136 valence electrons. The van der Waals surface area contributed by atoms with Crippen molar-refractivity contribution in [2.24, 2.45) is 17.8 Å². The summed E-state index contributed by atoms with van der Waals surface area (Å²) in [6, 6.07) is 9.42. The maximum atomic E-state index is 12.5. The molecule has 2 aliphatic rings. The Morgan fingerprint density at radius 3 is 2.67 bits per heavy atom. The Balaban J connectivity index is 1.14. The van der Waals surface area contributed by atoms with E-state index in [9.17, 15) is 4.79 Å². The smallest absolute Gasteiger partial charge is 0.253 e. The van der Waals surface area contributed by atoms with Crippen LogP contribution in [0.5, 0.6) is 0 Å². The van der Waals surface area contributed by atoms with Crippen LogP contribution in [0.2, 0.25) is 0 Å². The number of hydrogen-bond donors (Lipinski definition) is 1. The maximum absolute atomic E-state index is 12.5. The number of hydrogen-bond acceptors (Lipinski definition) is 6. The predicted molar refractivity (Wildman–Crippen MR) is 104 cm³/mol. The largest absolute Gasteiger partial charge is 0.361 e. The van der Waals surface area contributed by atoms with Gasteiger partial charge >= 0.3 is 0 Å². The van der Waals surface area contributed by atoms with Crippen molar-refractivity contribution >= 4 is 22.4 Å². The van der Waals surface area contributed by atoms with E-state index in [1.54, 1.807) is 42.1 Å². The Morgan fingerprint density at radius 2 is 1.93 bits per heavy atom. The Bertz CT molecular complexity index is 933. The summed E-state index contributed by atoms with van der Waals surface area (Å²) in [4.78, 5) is 27.4. The molecule has 4 heterocycles. The van der Waals surface area contributed by atoms with Gasteiger partial charge < -0.3 is 10.2 Å². The van der Waals surface area contributed by atoms with Gasteiger partial charge in [0.1, 0.15) is 5.69 Å². The van der Waals surface area contributed by atoms with E-state index in [4.69, 9.17) is 0 Å². The molecule has 1 unspecified atom stereocenters. The fourth-order valence-corrected chi connectivity index (χ4v) is 4.70. The van der Waals surface area contributed by atoms with Gasteiger partial charge in [0.2, 0.25) is 0 Å². The van der Waals surface area contributed by atoms with E-state index >= 15 is 0 Å². The molecule has 0 spiro atoms. The van der Waals surface area contributed by atoms with Gasteiger partial charge in [0.05, 0.1) is 5.69 Å². The number of pyridine rings is 2. The number of rotatable bonds is 5. The minimum atomic E-state index is 0.122. The Morgan fingerprint density at radius 1 is 1.11 bits per heavy atom. The van der Waals surface area contributed by atoms with Crippen molar-refractivity contribution in [1.29, 1.82) is 0 Å². The lowest BCUT2D eigenvalue weighted by atomic mass is 10.2. The third kappa shape index (κ3) is 3.19. The molecule has 1 amide bonds. The molecule has 1 saturated heterocycles. The molecule has 6 nitrogen and oxygen atoms in total. The van der Waals surface area contributed by atoms with Crippen LogP contribution in [0.15, 0.2) is 54.3 Å². The lowest BCUT2D eigenvalue weighted by molar-refractivity contribution is 0.0768. The third-order valence-corrected chi connectivity index (χ3v) is 6.31. The normalized spacial score (nSPS) is 23.1. The average molecular weight is 377 g/mol. The molecule has 3 aromatic heterocycles. The highest BCUT2D eigenvalue weighted by atomic mass is 32.1. The van der Waals surface area contributed by atoms with Crippen molar-refractivity contribution in [3.8, 4) is 11.4 Å². The van der Waals surface area contributed by atoms with Crippen molar-refractivity contribution < 1.29 is 4.79 Å². The van der Waals surface area contributed by atoms with Gasteiger partial charge in [-0.2, -0.15) is 0 Å². The van der Waals surface area contributed by atoms with Gasteiger partial charge in [0.25, 0.3) is 5.91 Å². The second kappa shape index (κ2) is 6.74. The molecule has 3 aromatic rings. The zero-order valence-electron chi connectivity index (χ0n) is 14.7. The Labute approximate surface area is 161 Å². The Kier molecular flexibility index (Phi) is 4.09. The van der Waals surface area contributed by atoms with E-state index in [2.05, 4.69) is 20.3 Å². The fraction of sp³-hybridized carbons (Fsp3) is 0.300. The summed E-state index contributed by atoms with van der Waals surface area (Å²) >= 11 is 1.61. The van der Waals surface area contributed by atoms with Gasteiger partial charge in [0, 0.05) is 49.2 Å². The zero-order valence-corrected chi connectivity index (χ0v) is 15.5. The average Bonchev–Trinajstić information content (AvgIpc) is 3.10. The van der Waals surface area contributed by atoms with E-state index in [-0.39, 0.29) is 5.91 Å². The first-order chi connectivity index (χ1) is 13.3. The highest BCUT2D eigenvalue weighted by Crippen LogP contribution is 2.51. The van der Waals surface area contributed by atoms with Crippen LogP contribution < -0.4 is 5.32 Å². The first-order valence-corrected chi connectivity index (χ1v) is 9.97. The van der Waals surface area contributed by atoms with Gasteiger partial charge in [-0.15, -0.1) is 11.3 Å². The summed E-state index contributed by atoms with van der Waals surface area (Å²) in [5.41, 5.74) is 2.54. The molecule has 27 heavy (non-hydrogen) atoms. The van der Waals surface area contributed by atoms with Crippen molar-refractivity contribution in [3.05, 3.63) is 59.9 Å². The van der Waals surface area contributed by atoms with Gasteiger partial charge in [-0.3, -0.25) is 14.8 Å². The number of anilines is 1. The number of likely N-dealkylation sites (tertiary alicyclic amines) is 1. The number of fused-ring (bicyclic) bond motifs is 1. The van der Waals surface area contributed by atoms with Crippen molar-refractivity contribution in [3.63, 3.8) is 0 Å². The highest BCUT2D eigenvalue weighted by Gasteiger charge is 2.56. The van der Waals surface area contributed by atoms with Crippen LogP contribution in [0, 0.1) is 17.8 Å². The molecular weight excluding hydrogens is 358 g/mol. The molecule has 3 atom stereocenters. The van der Waals surface area contributed by atoms with Gasteiger partial charge in [0.15, 0.2) is 5.13 Å². The summed E-state index contributed by atoms with van der Waals surface area (Å²) in [5.74, 6) is 1.97. The highest BCUT2D eigenvalue weighted by molar-refractivity contribution is 7.14. The predicted octanol–water partition coefficient (Wildman–Crippen LogP) is 3.03. The number of nitrogens with zero attached hydrogens (tertiary/aromatic N) is 4. The molecule has 1 N–H and O–H groups in total. The van der Waals surface area contributed by atoms with Crippen LogP contribution in [-0.2, 0) is 0 Å². The summed E-state index contributed by atoms with van der Waals surface area (Å²) in [5, 5.41) is 6.44. The van der Waals surface area contributed by atoms with E-state index < -0.39 is 0 Å². The number of aromatic nitrogens is 3. The van der Waals surface area contributed by atoms with Crippen molar-refractivity contribution in [1.82, 2.24) is 19.9 Å². The molecular formula is C20H19N5OS. The van der Waals surface area contributed by atoms with Crippen molar-refractivity contribution in [2.75, 3.05) is 25.0 Å². The molecule has 7 heteroatoms. The van der Waals surface area contributed by atoms with Gasteiger partial charge in [-0.1, -0.05) is 6.07 Å². The van der Waals surface area contributed by atoms with Gasteiger partial charge in [-0.25, -0.2) is 4.98 Å². The quantitative estimate of drug-likeness (QED) is 0.740. The van der Waals surface area contributed by atoms with E-state index in [0.717, 1.165) is 41.7 Å². The van der Waals surface area contributed by atoms with Crippen LogP contribution >= 0.6 is 11.3 Å². The van der Waals surface area contributed by atoms with Gasteiger partial charge in [-0.05, 0) is 42.0 Å². The molecule has 0 bridgehead atoms.